The number of aromatic nitrogens is 1. The van der Waals surface area contributed by atoms with Gasteiger partial charge in [0.05, 0.1) is 44.2 Å². The summed E-state index contributed by atoms with van der Waals surface area (Å²) in [5.41, 5.74) is 7.73. The highest BCUT2D eigenvalue weighted by Crippen LogP contribution is 2.35. The standard InChI is InChI=1S/C28H29FN6O5S/c1-16(23-10-19(14-41-23)25(30)31)34-27(38)22-11-28(39-8-9-40-28)15-35(22)24(36)13-33-26(37)18-4-2-17(3-5-18)21-7-6-20(29)12-32-21/h2-7,10,12,14,16,22H,8-9,11,13,15H2,1H3,(H3,30,31)(H,33,37)(H,34,38)/t16-,22?/m1/s1. The molecule has 0 saturated carbocycles. The number of carbonyl (C=O) groups excluding carboxylic acids is 3. The van der Waals surface area contributed by atoms with Gasteiger partial charge < -0.3 is 30.7 Å². The lowest BCUT2D eigenvalue weighted by atomic mass is 10.1. The number of hydrogen-bond acceptors (Lipinski definition) is 8. The van der Waals surface area contributed by atoms with Gasteiger partial charge in [0.1, 0.15) is 17.7 Å². The Balaban J connectivity index is 1.22. The molecule has 2 aliphatic rings. The molecule has 3 amide bonds. The Kier molecular flexibility index (Phi) is 8.10. The van der Waals surface area contributed by atoms with Crippen molar-refractivity contribution in [2.75, 3.05) is 26.3 Å². The molecule has 1 aromatic carbocycles. The van der Waals surface area contributed by atoms with Crippen molar-refractivity contribution in [3.63, 3.8) is 0 Å². The zero-order chi connectivity index (χ0) is 29.1. The van der Waals surface area contributed by atoms with Crippen LogP contribution >= 0.6 is 11.3 Å². The number of nitrogens with zero attached hydrogens (tertiary/aromatic N) is 2. The maximum Gasteiger partial charge on any atom is 0.251 e. The van der Waals surface area contributed by atoms with Crippen molar-refractivity contribution >= 4 is 34.9 Å². The van der Waals surface area contributed by atoms with Crippen LogP contribution in [0.4, 0.5) is 4.39 Å². The number of likely N-dealkylation sites (tertiary alicyclic amines) is 1. The smallest absolute Gasteiger partial charge is 0.251 e. The van der Waals surface area contributed by atoms with E-state index in [-0.39, 0.29) is 37.3 Å². The minimum absolute atomic E-state index is 0.0565. The van der Waals surface area contributed by atoms with E-state index in [2.05, 4.69) is 15.6 Å². The molecule has 2 aromatic heterocycles. The second kappa shape index (κ2) is 11.7. The van der Waals surface area contributed by atoms with E-state index >= 15 is 0 Å². The van der Waals surface area contributed by atoms with Crippen LogP contribution in [-0.2, 0) is 19.1 Å². The quantitative estimate of drug-likeness (QED) is 0.235. The van der Waals surface area contributed by atoms with E-state index in [1.54, 1.807) is 41.8 Å². The largest absolute Gasteiger partial charge is 0.384 e. The van der Waals surface area contributed by atoms with Gasteiger partial charge in [-0.1, -0.05) is 12.1 Å². The molecule has 3 aromatic rings. The third kappa shape index (κ3) is 6.26. The van der Waals surface area contributed by atoms with Crippen molar-refractivity contribution in [1.29, 1.82) is 5.41 Å². The number of thiophene rings is 1. The second-order valence-corrected chi connectivity index (χ2v) is 10.8. The number of rotatable bonds is 8. The van der Waals surface area contributed by atoms with Crippen molar-refractivity contribution in [3.8, 4) is 11.3 Å². The summed E-state index contributed by atoms with van der Waals surface area (Å²) in [5.74, 6) is -2.86. The van der Waals surface area contributed by atoms with Crippen molar-refractivity contribution in [1.82, 2.24) is 20.5 Å². The van der Waals surface area contributed by atoms with E-state index in [0.29, 0.717) is 35.6 Å². The fraction of sp³-hybridized carbons (Fsp3) is 0.321. The molecule has 2 fully saturated rings. The van der Waals surface area contributed by atoms with Crippen LogP contribution in [0.3, 0.4) is 0 Å². The molecule has 1 unspecified atom stereocenters. The van der Waals surface area contributed by atoms with E-state index in [1.165, 1.54) is 22.3 Å². The Morgan fingerprint density at radius 1 is 1.20 bits per heavy atom. The molecule has 1 spiro atoms. The van der Waals surface area contributed by atoms with Crippen LogP contribution in [0, 0.1) is 11.2 Å². The first-order valence-electron chi connectivity index (χ1n) is 12.9. The molecule has 2 saturated heterocycles. The number of nitrogens with one attached hydrogen (secondary N) is 3. The Hall–Kier alpha value is -4.20. The fourth-order valence-electron chi connectivity index (χ4n) is 4.84. The number of carbonyl (C=O) groups is 3. The third-order valence-electron chi connectivity index (χ3n) is 7.02. The number of amides is 3. The molecule has 5 N–H and O–H groups in total. The Morgan fingerprint density at radius 3 is 2.56 bits per heavy atom. The second-order valence-electron chi connectivity index (χ2n) is 9.85. The average molecular weight is 581 g/mol. The molecule has 4 heterocycles. The SMILES string of the molecule is C[C@@H](NC(=O)C1CC2(CN1C(=O)CNC(=O)c1ccc(-c3ccc(F)cn3)cc1)OCCO2)c1cc(C(=N)N)cs1. The zero-order valence-electron chi connectivity index (χ0n) is 22.2. The fourth-order valence-corrected chi connectivity index (χ4v) is 5.76. The van der Waals surface area contributed by atoms with Gasteiger partial charge in [-0.2, -0.15) is 0 Å². The average Bonchev–Trinajstić information content (AvgIpc) is 3.73. The summed E-state index contributed by atoms with van der Waals surface area (Å²) in [6.45, 7) is 2.25. The molecule has 2 aliphatic heterocycles. The van der Waals surface area contributed by atoms with Crippen LogP contribution in [0.1, 0.15) is 40.2 Å². The van der Waals surface area contributed by atoms with E-state index in [1.807, 2.05) is 6.92 Å². The van der Waals surface area contributed by atoms with Crippen LogP contribution in [0.15, 0.2) is 54.0 Å². The molecule has 0 aliphatic carbocycles. The Bertz CT molecular complexity index is 1460. The molecule has 41 heavy (non-hydrogen) atoms. The number of ether oxygens (including phenoxy) is 2. The maximum atomic E-state index is 13.4. The lowest BCUT2D eigenvalue weighted by Gasteiger charge is -2.25. The van der Waals surface area contributed by atoms with Crippen molar-refractivity contribution in [3.05, 3.63) is 75.9 Å². The monoisotopic (exact) mass is 580 g/mol. The van der Waals surface area contributed by atoms with Gasteiger partial charge >= 0.3 is 0 Å². The van der Waals surface area contributed by atoms with Gasteiger partial charge in [0.15, 0.2) is 5.79 Å². The van der Waals surface area contributed by atoms with Gasteiger partial charge in [-0.05, 0) is 37.3 Å². The number of amidine groups is 1. The van der Waals surface area contributed by atoms with E-state index in [0.717, 1.165) is 11.1 Å². The molecule has 0 bridgehead atoms. The summed E-state index contributed by atoms with van der Waals surface area (Å²) in [6, 6.07) is 9.89. The van der Waals surface area contributed by atoms with Crippen LogP contribution in [-0.4, -0.2) is 71.6 Å². The molecule has 2 atom stereocenters. The van der Waals surface area contributed by atoms with Crippen molar-refractivity contribution in [2.24, 2.45) is 5.73 Å². The lowest BCUT2D eigenvalue weighted by molar-refractivity contribution is -0.152. The number of pyridine rings is 1. The van der Waals surface area contributed by atoms with E-state index in [9.17, 15) is 18.8 Å². The summed E-state index contributed by atoms with van der Waals surface area (Å²) < 4.78 is 24.7. The van der Waals surface area contributed by atoms with Crippen LogP contribution in [0.5, 0.6) is 0 Å². The molecular weight excluding hydrogens is 551 g/mol. The van der Waals surface area contributed by atoms with E-state index in [4.69, 9.17) is 20.6 Å². The summed E-state index contributed by atoms with van der Waals surface area (Å²) in [7, 11) is 0. The van der Waals surface area contributed by atoms with Crippen molar-refractivity contribution < 1.29 is 28.2 Å². The number of nitrogens with two attached hydrogens (primary N) is 1. The Labute approximate surface area is 239 Å². The highest BCUT2D eigenvalue weighted by molar-refractivity contribution is 7.10. The summed E-state index contributed by atoms with van der Waals surface area (Å²) in [6.07, 6.45) is 1.28. The molecule has 5 rings (SSSR count). The van der Waals surface area contributed by atoms with Crippen molar-refractivity contribution in [2.45, 2.75) is 31.2 Å². The molecule has 214 valence electrons. The first-order valence-corrected chi connectivity index (χ1v) is 13.8. The first kappa shape index (κ1) is 28.3. The number of halogens is 1. The third-order valence-corrected chi connectivity index (χ3v) is 8.13. The molecule has 13 heteroatoms. The van der Waals surface area contributed by atoms with Crippen LogP contribution in [0.2, 0.25) is 0 Å². The summed E-state index contributed by atoms with van der Waals surface area (Å²) in [4.78, 5) is 45.6. The minimum Gasteiger partial charge on any atom is -0.384 e. The highest BCUT2D eigenvalue weighted by Gasteiger charge is 2.52. The normalized spacial score (nSPS) is 18.3. The van der Waals surface area contributed by atoms with Gasteiger partial charge in [0, 0.05) is 33.4 Å². The predicted molar refractivity (Wildman–Crippen MR) is 149 cm³/mol. The first-order chi connectivity index (χ1) is 19.6. The molecule has 11 nitrogen and oxygen atoms in total. The number of nitrogen functional groups attached to an aromatic ring is 1. The summed E-state index contributed by atoms with van der Waals surface area (Å²) >= 11 is 1.37. The highest BCUT2D eigenvalue weighted by atomic mass is 32.1. The number of hydrogen-bond donors (Lipinski definition) is 4. The topological polar surface area (TPSA) is 160 Å². The molecule has 0 radical (unpaired) electrons. The zero-order valence-corrected chi connectivity index (χ0v) is 23.0. The minimum atomic E-state index is -1.07. The van der Waals surface area contributed by atoms with Gasteiger partial charge in [-0.3, -0.25) is 24.8 Å². The maximum absolute atomic E-state index is 13.4. The summed E-state index contributed by atoms with van der Waals surface area (Å²) in [5, 5.41) is 14.9. The van der Waals surface area contributed by atoms with Crippen LogP contribution < -0.4 is 16.4 Å². The van der Waals surface area contributed by atoms with Gasteiger partial charge in [0.25, 0.3) is 5.91 Å². The lowest BCUT2D eigenvalue weighted by Crippen LogP contribution is -2.49. The van der Waals surface area contributed by atoms with Crippen LogP contribution in [0.25, 0.3) is 11.3 Å². The number of benzene rings is 1. The van der Waals surface area contributed by atoms with Gasteiger partial charge in [-0.15, -0.1) is 11.3 Å². The van der Waals surface area contributed by atoms with Gasteiger partial charge in [-0.25, -0.2) is 4.39 Å². The van der Waals surface area contributed by atoms with E-state index < -0.39 is 29.5 Å². The molecular formula is C28H29FN6O5S. The Morgan fingerprint density at radius 2 is 1.93 bits per heavy atom. The van der Waals surface area contributed by atoms with Gasteiger partial charge in [0.2, 0.25) is 11.8 Å². The predicted octanol–water partition coefficient (Wildman–Crippen LogP) is 2.18.